The molecule has 7 heteroatoms. The van der Waals surface area contributed by atoms with Gasteiger partial charge in [0.15, 0.2) is 0 Å². The molecule has 1 aliphatic rings. The molecule has 1 aromatic heterocycles. The number of thiophene rings is 1. The van der Waals surface area contributed by atoms with Gasteiger partial charge >= 0.3 is 0 Å². The zero-order valence-corrected chi connectivity index (χ0v) is 16.4. The van der Waals surface area contributed by atoms with E-state index >= 15 is 0 Å². The van der Waals surface area contributed by atoms with Crippen LogP contribution in [0, 0.1) is 5.92 Å². The summed E-state index contributed by atoms with van der Waals surface area (Å²) in [4.78, 5) is 29.9. The lowest BCUT2D eigenvalue weighted by Crippen LogP contribution is -2.38. The van der Waals surface area contributed by atoms with Gasteiger partial charge in [-0.3, -0.25) is 9.59 Å². The van der Waals surface area contributed by atoms with E-state index in [1.165, 1.54) is 4.88 Å². The number of benzene rings is 1. The van der Waals surface area contributed by atoms with Gasteiger partial charge in [-0.2, -0.15) is 0 Å². The van der Waals surface area contributed by atoms with Crippen molar-refractivity contribution in [3.8, 4) is 0 Å². The van der Waals surface area contributed by atoms with E-state index in [9.17, 15) is 9.59 Å². The third-order valence-electron chi connectivity index (χ3n) is 4.60. The Balaban J connectivity index is 1.62. The molecule has 0 saturated carbocycles. The molecule has 2 aromatic rings. The van der Waals surface area contributed by atoms with Gasteiger partial charge in [-0.05, 0) is 37.7 Å². The standard InChI is InChI=1S/C19H22ClN3O2S/c1-22(2)16(17-8-5-9-26-17)11-21-19(25)13-10-18(24)23(12-13)15-7-4-3-6-14(15)20/h3-9,13,16H,10-12H2,1-2H3,(H,21,25). The maximum atomic E-state index is 12.6. The van der Waals surface area contributed by atoms with Gasteiger partial charge in [0.1, 0.15) is 0 Å². The van der Waals surface area contributed by atoms with Gasteiger partial charge in [-0.15, -0.1) is 11.3 Å². The first kappa shape index (κ1) is 18.9. The van der Waals surface area contributed by atoms with Gasteiger partial charge in [0.05, 0.1) is 22.7 Å². The quantitative estimate of drug-likeness (QED) is 0.822. The predicted molar refractivity (Wildman–Crippen MR) is 106 cm³/mol. The largest absolute Gasteiger partial charge is 0.354 e. The van der Waals surface area contributed by atoms with E-state index in [0.717, 1.165) is 0 Å². The van der Waals surface area contributed by atoms with Gasteiger partial charge in [0.25, 0.3) is 0 Å². The summed E-state index contributed by atoms with van der Waals surface area (Å²) in [6.07, 6.45) is 0.211. The van der Waals surface area contributed by atoms with E-state index < -0.39 is 0 Å². The molecule has 138 valence electrons. The van der Waals surface area contributed by atoms with Gasteiger partial charge < -0.3 is 15.1 Å². The number of hydrogen-bond acceptors (Lipinski definition) is 4. The molecule has 0 bridgehead atoms. The van der Waals surface area contributed by atoms with Crippen LogP contribution in [0.4, 0.5) is 5.69 Å². The fraction of sp³-hybridized carbons (Fsp3) is 0.368. The Morgan fingerprint density at radius 2 is 2.12 bits per heavy atom. The van der Waals surface area contributed by atoms with E-state index in [-0.39, 0.29) is 30.2 Å². The van der Waals surface area contributed by atoms with Gasteiger partial charge in [-0.1, -0.05) is 29.8 Å². The molecule has 0 spiro atoms. The fourth-order valence-corrected chi connectivity index (χ4v) is 4.31. The zero-order chi connectivity index (χ0) is 18.7. The van der Waals surface area contributed by atoms with Crippen molar-refractivity contribution in [2.45, 2.75) is 12.5 Å². The zero-order valence-electron chi connectivity index (χ0n) is 14.8. The molecule has 1 N–H and O–H groups in total. The number of nitrogens with one attached hydrogen (secondary N) is 1. The molecule has 26 heavy (non-hydrogen) atoms. The van der Waals surface area contributed by atoms with Crippen molar-refractivity contribution >= 4 is 40.4 Å². The van der Waals surface area contributed by atoms with Crippen LogP contribution in [-0.4, -0.2) is 43.9 Å². The summed E-state index contributed by atoms with van der Waals surface area (Å²) in [6.45, 7) is 0.878. The minimum atomic E-state index is -0.357. The van der Waals surface area contributed by atoms with Crippen LogP contribution in [0.15, 0.2) is 41.8 Å². The molecule has 0 radical (unpaired) electrons. The molecule has 1 fully saturated rings. The van der Waals surface area contributed by atoms with E-state index in [1.807, 2.05) is 37.7 Å². The number of halogens is 1. The van der Waals surface area contributed by atoms with Crippen molar-refractivity contribution in [2.75, 3.05) is 32.1 Å². The van der Waals surface area contributed by atoms with Crippen molar-refractivity contribution in [2.24, 2.45) is 5.92 Å². The van der Waals surface area contributed by atoms with Crippen LogP contribution in [0.1, 0.15) is 17.3 Å². The summed E-state index contributed by atoms with van der Waals surface area (Å²) in [7, 11) is 3.99. The topological polar surface area (TPSA) is 52.7 Å². The smallest absolute Gasteiger partial charge is 0.227 e. The average molecular weight is 392 g/mol. The van der Waals surface area contributed by atoms with E-state index in [2.05, 4.69) is 16.3 Å². The Labute approximate surface area is 162 Å². The van der Waals surface area contributed by atoms with E-state index in [0.29, 0.717) is 23.8 Å². The molecule has 2 amide bonds. The number of rotatable bonds is 6. The minimum Gasteiger partial charge on any atom is -0.354 e. The second-order valence-electron chi connectivity index (χ2n) is 6.60. The molecule has 1 aliphatic heterocycles. The maximum absolute atomic E-state index is 12.6. The number of anilines is 1. The molecule has 1 aromatic carbocycles. The number of hydrogen-bond donors (Lipinski definition) is 1. The number of carbonyl (C=O) groups is 2. The Kier molecular flexibility index (Phi) is 5.96. The normalized spacial score (nSPS) is 18.4. The van der Waals surface area contributed by atoms with Crippen LogP contribution in [0.2, 0.25) is 5.02 Å². The molecule has 2 unspecified atom stereocenters. The second-order valence-corrected chi connectivity index (χ2v) is 7.98. The molecular weight excluding hydrogens is 370 g/mol. The van der Waals surface area contributed by atoms with Crippen molar-refractivity contribution in [1.82, 2.24) is 10.2 Å². The Morgan fingerprint density at radius 1 is 1.35 bits per heavy atom. The Bertz CT molecular complexity index is 779. The number of likely N-dealkylation sites (N-methyl/N-ethyl adjacent to an activating group) is 1. The van der Waals surface area contributed by atoms with Crippen molar-refractivity contribution in [3.05, 3.63) is 51.7 Å². The van der Waals surface area contributed by atoms with Gasteiger partial charge in [-0.25, -0.2) is 0 Å². The highest BCUT2D eigenvalue weighted by Gasteiger charge is 2.36. The first-order valence-corrected chi connectivity index (χ1v) is 9.75. The summed E-state index contributed by atoms with van der Waals surface area (Å²) in [6, 6.07) is 11.4. The number of nitrogens with zero attached hydrogens (tertiary/aromatic N) is 2. The van der Waals surface area contributed by atoms with Crippen LogP contribution >= 0.6 is 22.9 Å². The first-order valence-electron chi connectivity index (χ1n) is 8.50. The Hall–Kier alpha value is -1.89. The highest BCUT2D eigenvalue weighted by atomic mass is 35.5. The molecule has 0 aliphatic carbocycles. The second kappa shape index (κ2) is 8.20. The molecule has 1 saturated heterocycles. The average Bonchev–Trinajstić information content (AvgIpc) is 3.25. The predicted octanol–water partition coefficient (Wildman–Crippen LogP) is 3.17. The lowest BCUT2D eigenvalue weighted by molar-refractivity contribution is -0.126. The summed E-state index contributed by atoms with van der Waals surface area (Å²) < 4.78 is 0. The lowest BCUT2D eigenvalue weighted by atomic mass is 10.1. The molecule has 3 rings (SSSR count). The SMILES string of the molecule is CN(C)C(CNC(=O)C1CC(=O)N(c2ccccc2Cl)C1)c1cccs1. The minimum absolute atomic E-state index is 0.0688. The van der Waals surface area contributed by atoms with Crippen LogP contribution in [0.25, 0.3) is 0 Å². The van der Waals surface area contributed by atoms with Crippen LogP contribution in [0.5, 0.6) is 0 Å². The highest BCUT2D eigenvalue weighted by molar-refractivity contribution is 7.10. The summed E-state index contributed by atoms with van der Waals surface area (Å²) >= 11 is 7.87. The fourth-order valence-electron chi connectivity index (χ4n) is 3.15. The third kappa shape index (κ3) is 4.09. The van der Waals surface area contributed by atoms with Crippen LogP contribution < -0.4 is 10.2 Å². The number of para-hydroxylation sites is 1. The first-order chi connectivity index (χ1) is 12.5. The lowest BCUT2D eigenvalue weighted by Gasteiger charge is -2.24. The van der Waals surface area contributed by atoms with E-state index in [4.69, 9.17) is 11.6 Å². The van der Waals surface area contributed by atoms with Crippen molar-refractivity contribution < 1.29 is 9.59 Å². The van der Waals surface area contributed by atoms with Crippen molar-refractivity contribution in [1.29, 1.82) is 0 Å². The summed E-state index contributed by atoms with van der Waals surface area (Å²) in [5, 5.41) is 5.57. The number of carbonyl (C=O) groups excluding carboxylic acids is 2. The molecule has 5 nitrogen and oxygen atoms in total. The number of amides is 2. The monoisotopic (exact) mass is 391 g/mol. The van der Waals surface area contributed by atoms with Crippen LogP contribution in [-0.2, 0) is 9.59 Å². The summed E-state index contributed by atoms with van der Waals surface area (Å²) in [5.74, 6) is -0.512. The third-order valence-corrected chi connectivity index (χ3v) is 5.90. The highest BCUT2D eigenvalue weighted by Crippen LogP contribution is 2.31. The Morgan fingerprint density at radius 3 is 2.77 bits per heavy atom. The molecule has 2 atom stereocenters. The molecular formula is C19H22ClN3O2S. The van der Waals surface area contributed by atoms with Gasteiger partial charge in [0.2, 0.25) is 11.8 Å². The maximum Gasteiger partial charge on any atom is 0.227 e. The molecule has 2 heterocycles. The van der Waals surface area contributed by atoms with Crippen molar-refractivity contribution in [3.63, 3.8) is 0 Å². The summed E-state index contributed by atoms with van der Waals surface area (Å²) in [5.41, 5.74) is 0.666. The van der Waals surface area contributed by atoms with Crippen LogP contribution in [0.3, 0.4) is 0 Å². The van der Waals surface area contributed by atoms with Gasteiger partial charge in [0, 0.05) is 24.4 Å². The van der Waals surface area contributed by atoms with E-state index in [1.54, 1.807) is 28.4 Å².